The standard InChI is InChI=1S/C11H23N2O/c1-5-7-12-11(14)10(3)9-13(12,4)8-6-2/h10H,5-9H2,1-4H3/q+1. The highest BCUT2D eigenvalue weighted by molar-refractivity contribution is 5.78. The van der Waals surface area contributed by atoms with Crippen LogP contribution in [0.4, 0.5) is 0 Å². The topological polar surface area (TPSA) is 20.3 Å². The van der Waals surface area contributed by atoms with E-state index < -0.39 is 0 Å². The highest BCUT2D eigenvalue weighted by Crippen LogP contribution is 2.25. The molecule has 3 heteroatoms. The summed E-state index contributed by atoms with van der Waals surface area (Å²) in [7, 11) is 2.18. The minimum atomic E-state index is 0.207. The van der Waals surface area contributed by atoms with Gasteiger partial charge in [-0.05, 0) is 19.8 Å². The summed E-state index contributed by atoms with van der Waals surface area (Å²) in [6.07, 6.45) is 2.19. The summed E-state index contributed by atoms with van der Waals surface area (Å²) >= 11 is 0. The summed E-state index contributed by atoms with van der Waals surface area (Å²) in [4.78, 5) is 11.9. The van der Waals surface area contributed by atoms with Gasteiger partial charge < -0.3 is 0 Å². The molecule has 0 aromatic carbocycles. The predicted molar refractivity (Wildman–Crippen MR) is 57.4 cm³/mol. The summed E-state index contributed by atoms with van der Waals surface area (Å²) in [5.41, 5.74) is 0. The van der Waals surface area contributed by atoms with Crippen molar-refractivity contribution in [3.63, 3.8) is 0 Å². The second kappa shape index (κ2) is 4.30. The van der Waals surface area contributed by atoms with Gasteiger partial charge in [0.25, 0.3) is 5.91 Å². The first-order valence-corrected chi connectivity index (χ1v) is 5.71. The summed E-state index contributed by atoms with van der Waals surface area (Å²) in [5, 5.41) is 2.05. The highest BCUT2D eigenvalue weighted by atomic mass is 16.2. The fourth-order valence-corrected chi connectivity index (χ4v) is 2.52. The summed E-state index contributed by atoms with van der Waals surface area (Å²) in [6, 6.07) is 0. The van der Waals surface area contributed by atoms with Crippen molar-refractivity contribution in [3.8, 4) is 0 Å². The van der Waals surface area contributed by atoms with Crippen molar-refractivity contribution in [1.29, 1.82) is 0 Å². The second-order valence-corrected chi connectivity index (χ2v) is 4.61. The lowest BCUT2D eigenvalue weighted by Crippen LogP contribution is -2.54. The van der Waals surface area contributed by atoms with Crippen LogP contribution in [0.25, 0.3) is 0 Å². The van der Waals surface area contributed by atoms with Crippen molar-refractivity contribution in [3.05, 3.63) is 0 Å². The monoisotopic (exact) mass is 199 g/mol. The van der Waals surface area contributed by atoms with E-state index in [2.05, 4.69) is 20.9 Å². The fourth-order valence-electron chi connectivity index (χ4n) is 2.52. The molecule has 1 heterocycles. The van der Waals surface area contributed by atoms with Gasteiger partial charge in [0.1, 0.15) is 13.1 Å². The quantitative estimate of drug-likeness (QED) is 0.630. The van der Waals surface area contributed by atoms with Crippen LogP contribution in [0, 0.1) is 5.92 Å². The molecular weight excluding hydrogens is 176 g/mol. The number of carbonyl (C=O) groups excluding carboxylic acids is 1. The molecule has 0 saturated carbocycles. The first-order valence-electron chi connectivity index (χ1n) is 5.71. The molecule has 1 saturated heterocycles. The van der Waals surface area contributed by atoms with Crippen LogP contribution in [0.15, 0.2) is 0 Å². The van der Waals surface area contributed by atoms with Gasteiger partial charge in [0.15, 0.2) is 0 Å². The van der Waals surface area contributed by atoms with Gasteiger partial charge >= 0.3 is 0 Å². The molecule has 1 fully saturated rings. The van der Waals surface area contributed by atoms with Crippen LogP contribution in [-0.4, -0.2) is 42.2 Å². The van der Waals surface area contributed by atoms with Crippen molar-refractivity contribution in [1.82, 2.24) is 5.01 Å². The van der Waals surface area contributed by atoms with Crippen molar-refractivity contribution >= 4 is 5.91 Å². The first-order chi connectivity index (χ1) is 6.55. The summed E-state index contributed by atoms with van der Waals surface area (Å²) < 4.78 is 0.824. The summed E-state index contributed by atoms with van der Waals surface area (Å²) in [6.45, 7) is 9.32. The van der Waals surface area contributed by atoms with Crippen LogP contribution in [-0.2, 0) is 4.79 Å². The van der Waals surface area contributed by atoms with E-state index >= 15 is 0 Å². The van der Waals surface area contributed by atoms with Crippen LogP contribution in [0.3, 0.4) is 0 Å². The molecule has 0 aliphatic carbocycles. The number of hydrogen-bond acceptors (Lipinski definition) is 1. The highest BCUT2D eigenvalue weighted by Gasteiger charge is 2.45. The third-order valence-electron chi connectivity index (χ3n) is 3.07. The fraction of sp³-hybridized carbons (Fsp3) is 0.909. The predicted octanol–water partition coefficient (Wildman–Crippen LogP) is 1.65. The number of rotatable bonds is 4. The lowest BCUT2D eigenvalue weighted by atomic mass is 10.2. The van der Waals surface area contributed by atoms with Crippen molar-refractivity contribution in [2.24, 2.45) is 5.92 Å². The molecule has 82 valence electrons. The Morgan fingerprint density at radius 3 is 2.57 bits per heavy atom. The largest absolute Gasteiger partial charge is 0.276 e. The molecule has 0 spiro atoms. The molecule has 0 aromatic rings. The molecule has 0 aromatic heterocycles. The van der Waals surface area contributed by atoms with Crippen LogP contribution in [0.1, 0.15) is 33.6 Å². The Morgan fingerprint density at radius 1 is 1.43 bits per heavy atom. The Morgan fingerprint density at radius 2 is 2.07 bits per heavy atom. The number of quaternary nitrogens is 1. The Balaban J connectivity index is 2.78. The Hall–Kier alpha value is -0.570. The van der Waals surface area contributed by atoms with Gasteiger partial charge in [-0.3, -0.25) is 4.79 Å². The number of carbonyl (C=O) groups is 1. The van der Waals surface area contributed by atoms with E-state index in [1.165, 1.54) is 0 Å². The number of nitrogens with zero attached hydrogens (tertiary/aromatic N) is 2. The van der Waals surface area contributed by atoms with Gasteiger partial charge in [-0.25, -0.2) is 4.59 Å². The van der Waals surface area contributed by atoms with E-state index in [0.29, 0.717) is 5.91 Å². The number of amides is 1. The molecule has 0 N–H and O–H groups in total. The van der Waals surface area contributed by atoms with Crippen molar-refractivity contribution in [2.75, 3.05) is 26.7 Å². The molecule has 1 aliphatic rings. The van der Waals surface area contributed by atoms with E-state index in [-0.39, 0.29) is 5.92 Å². The van der Waals surface area contributed by atoms with Gasteiger partial charge in [0.2, 0.25) is 0 Å². The Kier molecular flexibility index (Phi) is 3.53. The molecule has 1 amide bonds. The van der Waals surface area contributed by atoms with Crippen LogP contribution in [0.2, 0.25) is 0 Å². The van der Waals surface area contributed by atoms with Gasteiger partial charge in [-0.2, -0.15) is 5.01 Å². The van der Waals surface area contributed by atoms with Gasteiger partial charge in [-0.1, -0.05) is 13.8 Å². The Labute approximate surface area is 87.2 Å². The number of hydrogen-bond donors (Lipinski definition) is 0. The van der Waals surface area contributed by atoms with Gasteiger partial charge in [0, 0.05) is 0 Å². The third kappa shape index (κ3) is 1.92. The van der Waals surface area contributed by atoms with E-state index in [1.807, 2.05) is 11.9 Å². The van der Waals surface area contributed by atoms with Gasteiger partial charge in [-0.15, -0.1) is 0 Å². The smallest absolute Gasteiger partial charge is 0.269 e. The van der Waals surface area contributed by atoms with E-state index in [4.69, 9.17) is 0 Å². The molecule has 0 radical (unpaired) electrons. The van der Waals surface area contributed by atoms with Crippen LogP contribution < -0.4 is 0 Å². The summed E-state index contributed by atoms with van der Waals surface area (Å²) in [5.74, 6) is 0.543. The zero-order chi connectivity index (χ0) is 10.8. The molecule has 1 rings (SSSR count). The molecule has 0 bridgehead atoms. The first kappa shape index (κ1) is 11.5. The average Bonchev–Trinajstić information content (AvgIpc) is 2.31. The van der Waals surface area contributed by atoms with E-state index in [0.717, 1.165) is 37.1 Å². The lowest BCUT2D eigenvalue weighted by molar-refractivity contribution is -0.998. The molecule has 2 atom stereocenters. The maximum atomic E-state index is 11.9. The molecular formula is C11H23N2O+. The van der Waals surface area contributed by atoms with E-state index in [9.17, 15) is 4.79 Å². The average molecular weight is 199 g/mol. The SMILES string of the molecule is CCCN1C(=O)C(C)C[N+]1(C)CCC. The minimum Gasteiger partial charge on any atom is -0.269 e. The molecule has 1 aliphatic heterocycles. The Bertz CT molecular complexity index is 217. The third-order valence-corrected chi connectivity index (χ3v) is 3.07. The zero-order valence-electron chi connectivity index (χ0n) is 9.92. The van der Waals surface area contributed by atoms with Crippen molar-refractivity contribution in [2.45, 2.75) is 33.6 Å². The normalized spacial score (nSPS) is 32.7. The minimum absolute atomic E-state index is 0.207. The maximum absolute atomic E-state index is 11.9. The maximum Gasteiger partial charge on any atom is 0.276 e. The molecule has 14 heavy (non-hydrogen) atoms. The molecule has 2 unspecified atom stereocenters. The van der Waals surface area contributed by atoms with Crippen LogP contribution in [0.5, 0.6) is 0 Å². The second-order valence-electron chi connectivity index (χ2n) is 4.61. The van der Waals surface area contributed by atoms with Gasteiger partial charge in [0.05, 0.1) is 19.5 Å². The van der Waals surface area contributed by atoms with Crippen molar-refractivity contribution < 1.29 is 9.39 Å². The zero-order valence-corrected chi connectivity index (χ0v) is 9.92. The lowest BCUT2D eigenvalue weighted by Gasteiger charge is -2.36. The van der Waals surface area contributed by atoms with E-state index in [1.54, 1.807) is 0 Å². The molecule has 3 nitrogen and oxygen atoms in total. The van der Waals surface area contributed by atoms with Crippen LogP contribution >= 0.6 is 0 Å².